The first-order chi connectivity index (χ1) is 21.0. The molecule has 1 aliphatic heterocycles. The molecule has 15 nitrogen and oxygen atoms in total. The number of piperazine rings is 1. The van der Waals surface area contributed by atoms with Gasteiger partial charge in [0.05, 0.1) is 20.2 Å². The number of ether oxygens (including phenoxy) is 1. The maximum absolute atomic E-state index is 12.7. The highest BCUT2D eigenvalue weighted by Gasteiger charge is 2.22. The molecule has 1 aliphatic rings. The summed E-state index contributed by atoms with van der Waals surface area (Å²) in [6.07, 6.45) is 0.291. The fourth-order valence-corrected chi connectivity index (χ4v) is 4.57. The van der Waals surface area contributed by atoms with Gasteiger partial charge in [0.1, 0.15) is 6.04 Å². The number of carbonyl (C=O) groups excluding carboxylic acids is 1. The van der Waals surface area contributed by atoms with Crippen molar-refractivity contribution in [3.8, 4) is 0 Å². The van der Waals surface area contributed by atoms with Crippen LogP contribution in [-0.2, 0) is 29.0 Å². The molecule has 15 heteroatoms. The first-order valence-electron chi connectivity index (χ1n) is 13.8. The number of hydrogen-bond donors (Lipinski definition) is 4. The molecular formula is C28H33N13O2. The fourth-order valence-electron chi connectivity index (χ4n) is 4.57. The standard InChI is InChI=1S/C28H33N13O2/c1-29-21-9-7-19(8-10-21)16-23(25(42)43-3)32-28-34-26(30-17-24-36-38-39-37-24)33-27(35-28)31-22-6-4-5-20(15-22)18-41-13-11-40(2)12-14-41/h4-10,15,23H,11-14,16-18H2,2-3H3,(H,36,37,38,39)(H3,30,31,32,33,34,35)/t23-/m0/s1. The summed E-state index contributed by atoms with van der Waals surface area (Å²) < 4.78 is 5.05. The molecule has 5 rings (SSSR count). The predicted molar refractivity (Wildman–Crippen MR) is 160 cm³/mol. The van der Waals surface area contributed by atoms with Crippen LogP contribution in [0.1, 0.15) is 17.0 Å². The van der Waals surface area contributed by atoms with Crippen LogP contribution in [0.15, 0.2) is 48.5 Å². The lowest BCUT2D eigenvalue weighted by molar-refractivity contribution is -0.141. The minimum atomic E-state index is -0.795. The van der Waals surface area contributed by atoms with E-state index in [1.54, 1.807) is 24.3 Å². The number of likely N-dealkylation sites (N-methyl/N-ethyl adjacent to an activating group) is 1. The normalized spacial score (nSPS) is 14.4. The number of carbonyl (C=O) groups is 1. The van der Waals surface area contributed by atoms with Crippen LogP contribution in [0.3, 0.4) is 0 Å². The summed E-state index contributed by atoms with van der Waals surface area (Å²) in [6, 6.07) is 14.3. The molecule has 2 aromatic carbocycles. The second-order valence-electron chi connectivity index (χ2n) is 10.1. The number of esters is 1. The average Bonchev–Trinajstić information content (AvgIpc) is 3.55. The van der Waals surface area contributed by atoms with Gasteiger partial charge >= 0.3 is 5.97 Å². The first kappa shape index (κ1) is 29.3. The number of benzene rings is 2. The largest absolute Gasteiger partial charge is 0.467 e. The van der Waals surface area contributed by atoms with Gasteiger partial charge in [0, 0.05) is 44.8 Å². The van der Waals surface area contributed by atoms with Gasteiger partial charge in [-0.25, -0.2) is 9.64 Å². The lowest BCUT2D eigenvalue weighted by Gasteiger charge is -2.32. The number of H-pyrrole nitrogens is 1. The Morgan fingerprint density at radius 2 is 1.81 bits per heavy atom. The lowest BCUT2D eigenvalue weighted by atomic mass is 10.1. The summed E-state index contributed by atoms with van der Waals surface area (Å²) in [7, 11) is 3.47. The molecule has 0 unspecified atom stereocenters. The van der Waals surface area contributed by atoms with E-state index in [1.807, 2.05) is 12.1 Å². The number of nitrogens with one attached hydrogen (secondary N) is 4. The molecule has 3 heterocycles. The van der Waals surface area contributed by atoms with Gasteiger partial charge in [-0.3, -0.25) is 4.90 Å². The monoisotopic (exact) mass is 583 g/mol. The molecule has 0 spiro atoms. The molecule has 222 valence electrons. The van der Waals surface area contributed by atoms with Gasteiger partial charge in [-0.05, 0) is 30.3 Å². The zero-order valence-corrected chi connectivity index (χ0v) is 24.0. The van der Waals surface area contributed by atoms with Crippen LogP contribution in [0.2, 0.25) is 0 Å². The van der Waals surface area contributed by atoms with Crippen LogP contribution in [0, 0.1) is 6.57 Å². The highest BCUT2D eigenvalue weighted by atomic mass is 16.5. The predicted octanol–water partition coefficient (Wildman–Crippen LogP) is 2.23. The molecule has 1 saturated heterocycles. The fraction of sp³-hybridized carbons (Fsp3) is 0.357. The maximum atomic E-state index is 12.7. The van der Waals surface area contributed by atoms with E-state index >= 15 is 0 Å². The molecule has 0 aliphatic carbocycles. The van der Waals surface area contributed by atoms with Gasteiger partial charge < -0.3 is 25.6 Å². The van der Waals surface area contributed by atoms with E-state index in [2.05, 4.69) is 85.4 Å². The summed E-state index contributed by atoms with van der Waals surface area (Å²) in [5, 5.41) is 23.3. The van der Waals surface area contributed by atoms with E-state index in [0.717, 1.165) is 44.0 Å². The van der Waals surface area contributed by atoms with E-state index in [9.17, 15) is 4.79 Å². The van der Waals surface area contributed by atoms with Crippen LogP contribution in [-0.4, -0.2) is 97.7 Å². The summed E-state index contributed by atoms with van der Waals surface area (Å²) in [6.45, 7) is 12.4. The molecule has 0 saturated carbocycles. The number of tetrazole rings is 1. The molecule has 4 aromatic rings. The van der Waals surface area contributed by atoms with Crippen molar-refractivity contribution in [1.29, 1.82) is 0 Å². The van der Waals surface area contributed by atoms with Crippen molar-refractivity contribution in [2.45, 2.75) is 25.6 Å². The third-order valence-corrected chi connectivity index (χ3v) is 6.91. The van der Waals surface area contributed by atoms with Crippen molar-refractivity contribution in [3.05, 3.63) is 76.9 Å². The highest BCUT2D eigenvalue weighted by molar-refractivity contribution is 5.79. The Kier molecular flexibility index (Phi) is 9.62. The van der Waals surface area contributed by atoms with Crippen molar-refractivity contribution in [1.82, 2.24) is 45.4 Å². The minimum Gasteiger partial charge on any atom is -0.467 e. The molecule has 1 atom stereocenters. The summed E-state index contributed by atoms with van der Waals surface area (Å²) in [4.78, 5) is 34.5. The number of aromatic nitrogens is 7. The number of rotatable bonds is 12. The minimum absolute atomic E-state index is 0.162. The summed E-state index contributed by atoms with van der Waals surface area (Å²) >= 11 is 0. The second-order valence-corrected chi connectivity index (χ2v) is 10.1. The zero-order valence-electron chi connectivity index (χ0n) is 24.0. The van der Waals surface area contributed by atoms with E-state index < -0.39 is 12.0 Å². The Labute approximate surface area is 248 Å². The Bertz CT molecular complexity index is 1530. The highest BCUT2D eigenvalue weighted by Crippen LogP contribution is 2.20. The van der Waals surface area contributed by atoms with E-state index in [1.165, 1.54) is 12.7 Å². The van der Waals surface area contributed by atoms with Gasteiger partial charge in [0.2, 0.25) is 17.8 Å². The third-order valence-electron chi connectivity index (χ3n) is 6.91. The summed E-state index contributed by atoms with van der Waals surface area (Å²) in [5.41, 5.74) is 3.35. The van der Waals surface area contributed by atoms with Crippen molar-refractivity contribution in [2.24, 2.45) is 0 Å². The SMILES string of the molecule is [C-]#[N+]c1ccc(C[C@H](Nc2nc(NCc3nn[nH]n3)nc(Nc3cccc(CN4CCN(C)CC4)c3)n2)C(=O)OC)cc1. The molecule has 0 amide bonds. The van der Waals surface area contributed by atoms with E-state index in [-0.39, 0.29) is 24.4 Å². The number of hydrogen-bond acceptors (Lipinski definition) is 13. The molecule has 1 fully saturated rings. The van der Waals surface area contributed by atoms with Gasteiger partial charge in [0.25, 0.3) is 0 Å². The number of anilines is 4. The number of nitrogens with zero attached hydrogens (tertiary/aromatic N) is 9. The molecule has 4 N–H and O–H groups in total. The van der Waals surface area contributed by atoms with Crippen LogP contribution in [0.4, 0.5) is 29.2 Å². The third kappa shape index (κ3) is 8.41. The molecule has 43 heavy (non-hydrogen) atoms. The quantitative estimate of drug-likeness (QED) is 0.142. The van der Waals surface area contributed by atoms with Gasteiger partial charge in [-0.15, -0.1) is 10.2 Å². The van der Waals surface area contributed by atoms with Crippen LogP contribution in [0.25, 0.3) is 4.85 Å². The maximum Gasteiger partial charge on any atom is 0.328 e. The van der Waals surface area contributed by atoms with Crippen LogP contribution < -0.4 is 16.0 Å². The lowest BCUT2D eigenvalue weighted by Crippen LogP contribution is -2.43. The number of aromatic amines is 1. The van der Waals surface area contributed by atoms with E-state index in [0.29, 0.717) is 17.9 Å². The van der Waals surface area contributed by atoms with Crippen molar-refractivity contribution in [2.75, 3.05) is 56.3 Å². The van der Waals surface area contributed by atoms with Crippen LogP contribution in [0.5, 0.6) is 0 Å². The van der Waals surface area contributed by atoms with Gasteiger partial charge in [0.15, 0.2) is 11.5 Å². The molecule has 2 aromatic heterocycles. The first-order valence-corrected chi connectivity index (χ1v) is 13.8. The van der Waals surface area contributed by atoms with Crippen LogP contribution >= 0.6 is 0 Å². The van der Waals surface area contributed by atoms with Gasteiger partial charge in [-0.2, -0.15) is 20.2 Å². The molecular weight excluding hydrogens is 550 g/mol. The van der Waals surface area contributed by atoms with Crippen molar-refractivity contribution < 1.29 is 9.53 Å². The smallest absolute Gasteiger partial charge is 0.328 e. The Morgan fingerprint density at radius 1 is 1.05 bits per heavy atom. The second kappa shape index (κ2) is 14.1. The van der Waals surface area contributed by atoms with Crippen molar-refractivity contribution >= 4 is 35.2 Å². The molecule has 0 radical (unpaired) electrons. The topological polar surface area (TPSA) is 166 Å². The Morgan fingerprint density at radius 3 is 2.53 bits per heavy atom. The Hall–Kier alpha value is -5.20. The Balaban J connectivity index is 1.36. The zero-order chi connectivity index (χ0) is 30.0. The number of methoxy groups -OCH3 is 1. The van der Waals surface area contributed by atoms with Crippen molar-refractivity contribution in [3.63, 3.8) is 0 Å². The van der Waals surface area contributed by atoms with Gasteiger partial charge in [-0.1, -0.05) is 41.6 Å². The molecule has 0 bridgehead atoms. The van der Waals surface area contributed by atoms with E-state index in [4.69, 9.17) is 11.3 Å². The summed E-state index contributed by atoms with van der Waals surface area (Å²) in [5.74, 6) is 0.617. The average molecular weight is 584 g/mol.